The molecule has 0 spiro atoms. The zero-order valence-corrected chi connectivity index (χ0v) is 6.97. The molecule has 70 valence electrons. The van der Waals surface area contributed by atoms with Crippen LogP contribution in [-0.4, -0.2) is 19.0 Å². The smallest absolute Gasteiger partial charge is 0.463 e. The fourth-order valence-corrected chi connectivity index (χ4v) is 0.836. The average Bonchev–Trinajstić information content (AvgIpc) is 2.52. The zero-order chi connectivity index (χ0) is 9.90. The first kappa shape index (κ1) is 9.39. The van der Waals surface area contributed by atoms with Gasteiger partial charge in [0.1, 0.15) is 5.76 Å². The van der Waals surface area contributed by atoms with Gasteiger partial charge in [-0.15, -0.1) is 12.8 Å². The molecular weight excluding hydrogens is 200 g/mol. The van der Waals surface area contributed by atoms with Crippen LogP contribution < -0.4 is 0 Å². The van der Waals surface area contributed by atoms with E-state index in [4.69, 9.17) is 0 Å². The van der Waals surface area contributed by atoms with Crippen LogP contribution in [0.25, 0.3) is 0 Å². The van der Waals surface area contributed by atoms with E-state index in [2.05, 4.69) is 8.81 Å². The molecule has 1 heterocycles. The van der Waals surface area contributed by atoms with Crippen LogP contribution in [-0.2, 0) is 10.2 Å². The SMILES string of the molecule is O=[N+]([O-])S(=O)(=O)N=Cc1ccco1. The maximum absolute atomic E-state index is 10.5. The lowest BCUT2D eigenvalue weighted by molar-refractivity contribution is -0.305. The van der Waals surface area contributed by atoms with E-state index >= 15 is 0 Å². The molecule has 13 heavy (non-hydrogen) atoms. The molecule has 0 amide bonds. The second-order valence-electron chi connectivity index (χ2n) is 1.92. The molecule has 1 aromatic rings. The Morgan fingerprint density at radius 2 is 2.31 bits per heavy atom. The van der Waals surface area contributed by atoms with E-state index < -0.39 is 14.5 Å². The highest BCUT2D eigenvalue weighted by Gasteiger charge is 2.20. The summed E-state index contributed by atoms with van der Waals surface area (Å²) >= 11 is 0. The van der Waals surface area contributed by atoms with Crippen molar-refractivity contribution in [3.05, 3.63) is 34.3 Å². The maximum Gasteiger partial charge on any atom is 0.543 e. The molecule has 7 nitrogen and oxygen atoms in total. The largest absolute Gasteiger partial charge is 0.543 e. The van der Waals surface area contributed by atoms with E-state index in [1.807, 2.05) is 0 Å². The Bertz CT molecular complexity index is 418. The molecule has 0 radical (unpaired) electrons. The fourth-order valence-electron chi connectivity index (χ4n) is 0.522. The maximum atomic E-state index is 10.5. The molecule has 0 aliphatic carbocycles. The molecule has 0 unspecified atom stereocenters. The van der Waals surface area contributed by atoms with E-state index in [0.717, 1.165) is 6.21 Å². The molecule has 0 fully saturated rings. The first-order valence-electron chi connectivity index (χ1n) is 3.01. The summed E-state index contributed by atoms with van der Waals surface area (Å²) in [6, 6.07) is 2.92. The monoisotopic (exact) mass is 204 g/mol. The summed E-state index contributed by atoms with van der Waals surface area (Å²) in [4.78, 5) is 9.85. The van der Waals surface area contributed by atoms with Gasteiger partial charge in [-0.05, 0) is 12.1 Å². The Kier molecular flexibility index (Phi) is 2.42. The molecule has 0 saturated carbocycles. The topological polar surface area (TPSA) is 103 Å². The first-order valence-corrected chi connectivity index (χ1v) is 4.40. The van der Waals surface area contributed by atoms with Crippen LogP contribution in [0.2, 0.25) is 0 Å². The van der Waals surface area contributed by atoms with E-state index in [0.29, 0.717) is 0 Å². The lowest BCUT2D eigenvalue weighted by Crippen LogP contribution is -2.08. The predicted molar refractivity (Wildman–Crippen MR) is 42.2 cm³/mol. The summed E-state index contributed by atoms with van der Waals surface area (Å²) in [5.41, 5.74) is 0. The normalized spacial score (nSPS) is 12.0. The molecule has 0 aliphatic rings. The quantitative estimate of drug-likeness (QED) is 0.398. The molecule has 1 aromatic heterocycles. The number of furan rings is 1. The van der Waals surface area contributed by atoms with Gasteiger partial charge in [0.15, 0.2) is 4.33 Å². The Morgan fingerprint density at radius 1 is 1.62 bits per heavy atom. The fraction of sp³-hybridized carbons (Fsp3) is 0. The molecule has 0 aromatic carbocycles. The summed E-state index contributed by atoms with van der Waals surface area (Å²) in [6.07, 6.45) is 2.05. The number of rotatable bonds is 3. The number of hydrogen-bond donors (Lipinski definition) is 0. The van der Waals surface area contributed by atoms with Crippen molar-refractivity contribution in [2.24, 2.45) is 4.40 Å². The van der Waals surface area contributed by atoms with Crippen molar-refractivity contribution in [2.75, 3.05) is 0 Å². The summed E-state index contributed by atoms with van der Waals surface area (Å²) in [7, 11) is -4.64. The van der Waals surface area contributed by atoms with Crippen LogP contribution >= 0.6 is 0 Å². The van der Waals surface area contributed by atoms with Crippen LogP contribution in [0, 0.1) is 10.1 Å². The third-order valence-electron chi connectivity index (χ3n) is 1.04. The zero-order valence-electron chi connectivity index (χ0n) is 6.15. The Morgan fingerprint density at radius 3 is 2.77 bits per heavy atom. The van der Waals surface area contributed by atoms with E-state index in [1.54, 1.807) is 0 Å². The molecule has 0 bridgehead atoms. The highest BCUT2D eigenvalue weighted by atomic mass is 32.2. The van der Waals surface area contributed by atoms with Crippen LogP contribution in [0.15, 0.2) is 27.2 Å². The van der Waals surface area contributed by atoms with E-state index in [1.165, 1.54) is 18.4 Å². The van der Waals surface area contributed by atoms with Gasteiger partial charge in [-0.2, -0.15) is 0 Å². The van der Waals surface area contributed by atoms with Crippen molar-refractivity contribution >= 4 is 16.4 Å². The molecular formula is C5H4N2O5S. The van der Waals surface area contributed by atoms with Crippen molar-refractivity contribution in [3.63, 3.8) is 0 Å². The minimum absolute atomic E-state index is 0.130. The van der Waals surface area contributed by atoms with Crippen molar-refractivity contribution in [2.45, 2.75) is 0 Å². The molecule has 0 aliphatic heterocycles. The van der Waals surface area contributed by atoms with Gasteiger partial charge in [0, 0.05) is 0 Å². The van der Waals surface area contributed by atoms with E-state index in [-0.39, 0.29) is 5.76 Å². The second-order valence-corrected chi connectivity index (χ2v) is 3.33. The Labute approximate surface area is 73.0 Å². The van der Waals surface area contributed by atoms with Crippen LogP contribution in [0.3, 0.4) is 0 Å². The van der Waals surface area contributed by atoms with Gasteiger partial charge < -0.3 is 4.42 Å². The summed E-state index contributed by atoms with van der Waals surface area (Å²) < 4.78 is 26.9. The highest BCUT2D eigenvalue weighted by molar-refractivity contribution is 7.84. The van der Waals surface area contributed by atoms with Crippen molar-refractivity contribution in [3.8, 4) is 0 Å². The summed E-state index contributed by atoms with van der Waals surface area (Å²) in [5, 5.41) is 9.85. The van der Waals surface area contributed by atoms with Crippen molar-refractivity contribution < 1.29 is 17.2 Å². The first-order chi connectivity index (χ1) is 6.02. The lowest BCUT2D eigenvalue weighted by Gasteiger charge is -1.84. The average molecular weight is 204 g/mol. The van der Waals surface area contributed by atoms with Crippen LogP contribution in [0.5, 0.6) is 0 Å². The lowest BCUT2D eigenvalue weighted by atomic mass is 10.5. The third-order valence-corrected chi connectivity index (χ3v) is 1.79. The number of nitrogens with zero attached hydrogens (tertiary/aromatic N) is 2. The van der Waals surface area contributed by atoms with Crippen molar-refractivity contribution in [1.29, 1.82) is 0 Å². The molecule has 8 heteroatoms. The van der Waals surface area contributed by atoms with E-state index in [9.17, 15) is 18.5 Å². The van der Waals surface area contributed by atoms with Gasteiger partial charge in [-0.3, -0.25) is 0 Å². The highest BCUT2D eigenvalue weighted by Crippen LogP contribution is 1.98. The standard InChI is InChI=1S/C5H4N2O5S/c8-7(9)13(10,11)6-4-5-2-1-3-12-5/h1-4H. The number of hydrogen-bond acceptors (Lipinski definition) is 5. The molecule has 0 atom stereocenters. The molecule has 1 rings (SSSR count). The third kappa shape index (κ3) is 2.37. The second kappa shape index (κ2) is 3.35. The Balaban J connectivity index is 2.87. The van der Waals surface area contributed by atoms with Gasteiger partial charge in [0.2, 0.25) is 0 Å². The van der Waals surface area contributed by atoms with Gasteiger partial charge in [-0.25, -0.2) is 10.1 Å². The number of nitro groups is 1. The van der Waals surface area contributed by atoms with Crippen LogP contribution in [0.1, 0.15) is 5.76 Å². The predicted octanol–water partition coefficient (Wildman–Crippen LogP) is 0.220. The minimum atomic E-state index is -4.64. The summed E-state index contributed by atoms with van der Waals surface area (Å²) in [6.45, 7) is 0. The minimum Gasteiger partial charge on any atom is -0.463 e. The molecule has 0 N–H and O–H groups in total. The van der Waals surface area contributed by atoms with Crippen LogP contribution in [0.4, 0.5) is 0 Å². The van der Waals surface area contributed by atoms with Gasteiger partial charge in [0.25, 0.3) is 0 Å². The van der Waals surface area contributed by atoms with Gasteiger partial charge in [0.05, 0.1) is 12.5 Å². The van der Waals surface area contributed by atoms with Crippen molar-refractivity contribution in [1.82, 2.24) is 0 Å². The molecule has 0 saturated heterocycles. The summed E-state index contributed by atoms with van der Waals surface area (Å²) in [5.74, 6) is 0.130. The van der Waals surface area contributed by atoms with Gasteiger partial charge >= 0.3 is 10.2 Å². The Hall–Kier alpha value is -1.70. The van der Waals surface area contributed by atoms with Gasteiger partial charge in [-0.1, -0.05) is 0 Å².